The second-order valence-corrected chi connectivity index (χ2v) is 6.98. The molecule has 1 aromatic carbocycles. The largest absolute Gasteiger partial charge is 0.496 e. The highest BCUT2D eigenvalue weighted by Gasteiger charge is 2.25. The van der Waals surface area contributed by atoms with Gasteiger partial charge < -0.3 is 4.74 Å². The summed E-state index contributed by atoms with van der Waals surface area (Å²) in [5.41, 5.74) is 3.58. The summed E-state index contributed by atoms with van der Waals surface area (Å²) in [4.78, 5) is 11.2. The molecule has 1 aliphatic heterocycles. The van der Waals surface area contributed by atoms with Crippen molar-refractivity contribution < 1.29 is 4.74 Å². The number of likely N-dealkylation sites (tertiary alicyclic amines) is 1. The lowest BCUT2D eigenvalue weighted by atomic mass is 9.97. The molecule has 0 bridgehead atoms. The number of methoxy groups -OCH3 is 1. The molecule has 4 rings (SSSR count). The van der Waals surface area contributed by atoms with Crippen LogP contribution in [0.2, 0.25) is 0 Å². The van der Waals surface area contributed by atoms with Crippen molar-refractivity contribution in [1.82, 2.24) is 24.6 Å². The van der Waals surface area contributed by atoms with E-state index in [1.807, 2.05) is 16.9 Å². The van der Waals surface area contributed by atoms with Crippen LogP contribution in [0, 0.1) is 0 Å². The van der Waals surface area contributed by atoms with E-state index >= 15 is 0 Å². The Morgan fingerprint density at radius 1 is 1.15 bits per heavy atom. The van der Waals surface area contributed by atoms with Crippen molar-refractivity contribution in [3.8, 4) is 5.75 Å². The number of hydrogen-bond donors (Lipinski definition) is 0. The highest BCUT2D eigenvalue weighted by atomic mass is 16.5. The summed E-state index contributed by atoms with van der Waals surface area (Å²) in [6, 6.07) is 13.0. The lowest BCUT2D eigenvalue weighted by Crippen LogP contribution is -2.33. The maximum Gasteiger partial charge on any atom is 0.137 e. The fourth-order valence-electron chi connectivity index (χ4n) is 3.87. The first kappa shape index (κ1) is 17.7. The number of pyridine rings is 1. The Balaban J connectivity index is 1.55. The molecule has 1 saturated heterocycles. The Morgan fingerprint density at radius 2 is 2.11 bits per heavy atom. The number of aromatic nitrogens is 4. The van der Waals surface area contributed by atoms with Gasteiger partial charge in [-0.05, 0) is 49.2 Å². The van der Waals surface area contributed by atoms with E-state index in [9.17, 15) is 0 Å². The Hall–Kier alpha value is -2.73. The van der Waals surface area contributed by atoms with Crippen molar-refractivity contribution >= 4 is 0 Å². The molecular formula is C21H25N5O. The molecule has 0 saturated carbocycles. The summed E-state index contributed by atoms with van der Waals surface area (Å²) in [5.74, 6) is 0.883. The third-order valence-corrected chi connectivity index (χ3v) is 5.17. The zero-order valence-electron chi connectivity index (χ0n) is 15.7. The van der Waals surface area contributed by atoms with Gasteiger partial charge in [0.1, 0.15) is 18.4 Å². The summed E-state index contributed by atoms with van der Waals surface area (Å²) in [6.07, 6.45) is 8.85. The van der Waals surface area contributed by atoms with Gasteiger partial charge in [-0.2, -0.15) is 5.10 Å². The minimum atomic E-state index is 0.390. The standard InChI is InChI=1S/C21H25N5O/c1-27-21-9-8-17(12-18(21)14-26-16-22-15-24-26)13-25-11-5-3-7-20(25)19-6-2-4-10-23-19/h2,4,6,8-10,12,15-16,20H,3,5,7,11,13-14H2,1H3. The van der Waals surface area contributed by atoms with Crippen LogP contribution in [-0.2, 0) is 13.1 Å². The van der Waals surface area contributed by atoms with Crippen molar-refractivity contribution in [2.45, 2.75) is 38.4 Å². The van der Waals surface area contributed by atoms with Crippen molar-refractivity contribution in [1.29, 1.82) is 0 Å². The monoisotopic (exact) mass is 363 g/mol. The molecule has 0 amide bonds. The third kappa shape index (κ3) is 4.17. The molecule has 1 fully saturated rings. The van der Waals surface area contributed by atoms with E-state index in [2.05, 4.69) is 50.3 Å². The Labute approximate surface area is 159 Å². The van der Waals surface area contributed by atoms with Crippen LogP contribution in [-0.4, -0.2) is 38.3 Å². The van der Waals surface area contributed by atoms with E-state index in [1.54, 1.807) is 19.8 Å². The first-order valence-electron chi connectivity index (χ1n) is 9.46. The first-order valence-corrected chi connectivity index (χ1v) is 9.46. The SMILES string of the molecule is COc1ccc(CN2CCCCC2c2ccccn2)cc1Cn1cncn1. The summed E-state index contributed by atoms with van der Waals surface area (Å²) >= 11 is 0. The van der Waals surface area contributed by atoms with Gasteiger partial charge in [-0.15, -0.1) is 0 Å². The van der Waals surface area contributed by atoms with Crippen LogP contribution in [0.5, 0.6) is 5.75 Å². The fourth-order valence-corrected chi connectivity index (χ4v) is 3.87. The maximum atomic E-state index is 5.54. The predicted octanol–water partition coefficient (Wildman–Crippen LogP) is 3.46. The van der Waals surface area contributed by atoms with Crippen molar-refractivity contribution in [2.24, 2.45) is 0 Å². The molecule has 1 aliphatic rings. The Kier molecular flexibility index (Phi) is 5.44. The summed E-state index contributed by atoms with van der Waals surface area (Å²) in [6.45, 7) is 2.67. The average Bonchev–Trinajstić information content (AvgIpc) is 3.22. The van der Waals surface area contributed by atoms with E-state index in [-0.39, 0.29) is 0 Å². The van der Waals surface area contributed by atoms with Crippen molar-refractivity contribution in [2.75, 3.05) is 13.7 Å². The fraction of sp³-hybridized carbons (Fsp3) is 0.381. The minimum absolute atomic E-state index is 0.390. The Bertz CT molecular complexity index is 850. The molecule has 1 atom stereocenters. The van der Waals surface area contributed by atoms with Gasteiger partial charge >= 0.3 is 0 Å². The molecule has 0 N–H and O–H groups in total. The molecule has 6 heteroatoms. The molecule has 0 radical (unpaired) electrons. The zero-order chi connectivity index (χ0) is 18.5. The second-order valence-electron chi connectivity index (χ2n) is 6.98. The van der Waals surface area contributed by atoms with E-state index in [4.69, 9.17) is 4.74 Å². The summed E-state index contributed by atoms with van der Waals surface area (Å²) in [5, 5.41) is 4.22. The average molecular weight is 363 g/mol. The van der Waals surface area contributed by atoms with Crippen LogP contribution in [0.3, 0.4) is 0 Å². The van der Waals surface area contributed by atoms with E-state index in [0.29, 0.717) is 12.6 Å². The normalized spacial score (nSPS) is 17.7. The zero-order valence-corrected chi connectivity index (χ0v) is 15.7. The number of benzene rings is 1. The number of nitrogens with zero attached hydrogens (tertiary/aromatic N) is 5. The number of piperidine rings is 1. The molecule has 27 heavy (non-hydrogen) atoms. The molecule has 0 spiro atoms. The highest BCUT2D eigenvalue weighted by Crippen LogP contribution is 2.31. The van der Waals surface area contributed by atoms with Gasteiger partial charge in [0.05, 0.1) is 25.4 Å². The van der Waals surface area contributed by atoms with E-state index in [0.717, 1.165) is 24.4 Å². The first-order chi connectivity index (χ1) is 13.3. The van der Waals surface area contributed by atoms with Gasteiger partial charge in [-0.3, -0.25) is 9.88 Å². The smallest absolute Gasteiger partial charge is 0.137 e. The van der Waals surface area contributed by atoms with Crippen LogP contribution in [0.4, 0.5) is 0 Å². The van der Waals surface area contributed by atoms with Crippen molar-refractivity contribution in [3.05, 3.63) is 72.1 Å². The quantitative estimate of drug-likeness (QED) is 0.671. The van der Waals surface area contributed by atoms with E-state index < -0.39 is 0 Å². The van der Waals surface area contributed by atoms with Gasteiger partial charge in [0.25, 0.3) is 0 Å². The molecule has 1 unspecified atom stereocenters. The highest BCUT2D eigenvalue weighted by molar-refractivity contribution is 5.37. The Morgan fingerprint density at radius 3 is 2.89 bits per heavy atom. The van der Waals surface area contributed by atoms with Gasteiger partial charge in [0.15, 0.2) is 0 Å². The van der Waals surface area contributed by atoms with Gasteiger partial charge in [-0.1, -0.05) is 18.6 Å². The molecular weight excluding hydrogens is 338 g/mol. The topological polar surface area (TPSA) is 56.1 Å². The number of hydrogen-bond acceptors (Lipinski definition) is 5. The van der Waals surface area contributed by atoms with Crippen LogP contribution in [0.1, 0.15) is 42.1 Å². The number of rotatable bonds is 6. The van der Waals surface area contributed by atoms with Crippen LogP contribution >= 0.6 is 0 Å². The van der Waals surface area contributed by atoms with Gasteiger partial charge in [0, 0.05) is 18.3 Å². The maximum absolute atomic E-state index is 5.54. The van der Waals surface area contributed by atoms with E-state index in [1.165, 1.54) is 30.5 Å². The predicted molar refractivity (Wildman–Crippen MR) is 103 cm³/mol. The van der Waals surface area contributed by atoms with Gasteiger partial charge in [-0.25, -0.2) is 9.67 Å². The van der Waals surface area contributed by atoms with Crippen LogP contribution < -0.4 is 4.74 Å². The summed E-state index contributed by atoms with van der Waals surface area (Å²) in [7, 11) is 1.71. The summed E-state index contributed by atoms with van der Waals surface area (Å²) < 4.78 is 7.36. The van der Waals surface area contributed by atoms with Crippen LogP contribution in [0.15, 0.2) is 55.2 Å². The lowest BCUT2D eigenvalue weighted by molar-refractivity contribution is 0.137. The molecule has 2 aromatic heterocycles. The van der Waals surface area contributed by atoms with Crippen LogP contribution in [0.25, 0.3) is 0 Å². The lowest BCUT2D eigenvalue weighted by Gasteiger charge is -2.35. The molecule has 140 valence electrons. The molecule has 0 aliphatic carbocycles. The molecule has 3 heterocycles. The number of ether oxygens (including phenoxy) is 1. The minimum Gasteiger partial charge on any atom is -0.496 e. The van der Waals surface area contributed by atoms with Crippen molar-refractivity contribution in [3.63, 3.8) is 0 Å². The molecule has 3 aromatic rings. The second kappa shape index (κ2) is 8.31. The third-order valence-electron chi connectivity index (χ3n) is 5.17. The van der Waals surface area contributed by atoms with Gasteiger partial charge in [0.2, 0.25) is 0 Å². The molecule has 6 nitrogen and oxygen atoms in total.